The van der Waals surface area contributed by atoms with Gasteiger partial charge in [-0.3, -0.25) is 4.98 Å². The Morgan fingerprint density at radius 3 is 2.71 bits per heavy atom. The average Bonchev–Trinajstić information content (AvgIpc) is 2.17. The molecule has 5 heteroatoms. The van der Waals surface area contributed by atoms with Crippen LogP contribution in [0.2, 0.25) is 10.0 Å². The predicted molar refractivity (Wildman–Crippen MR) is 64.4 cm³/mol. The first kappa shape index (κ1) is 10.4. The first-order valence-electron chi connectivity index (χ1n) is 3.69. The lowest BCUT2D eigenvalue weighted by Gasteiger charge is -2.03. The number of hydrogen-bond donors (Lipinski definition) is 0. The van der Waals surface area contributed by atoms with Crippen molar-refractivity contribution in [3.63, 3.8) is 0 Å². The van der Waals surface area contributed by atoms with Crippen LogP contribution < -0.4 is 0 Å². The second-order valence-corrected chi connectivity index (χ2v) is 4.63. The molecule has 2 aromatic rings. The maximum absolute atomic E-state index is 13.5. The summed E-state index contributed by atoms with van der Waals surface area (Å²) in [5.74, 6) is -0.525. The molecule has 0 saturated heterocycles. The van der Waals surface area contributed by atoms with Crippen molar-refractivity contribution in [1.29, 1.82) is 0 Å². The maximum Gasteiger partial charge on any atom is 0.168 e. The normalized spacial score (nSPS) is 10.9. The molecule has 0 atom stereocenters. The Morgan fingerprint density at radius 1 is 1.29 bits per heavy atom. The van der Waals surface area contributed by atoms with Gasteiger partial charge in [0.1, 0.15) is 5.52 Å². The quantitative estimate of drug-likeness (QED) is 0.651. The molecule has 72 valence electrons. The zero-order chi connectivity index (χ0) is 10.3. The molecule has 0 radical (unpaired) electrons. The van der Waals surface area contributed by atoms with Crippen molar-refractivity contribution in [1.82, 2.24) is 4.98 Å². The van der Waals surface area contributed by atoms with E-state index in [2.05, 4.69) is 4.98 Å². The van der Waals surface area contributed by atoms with Crippen molar-refractivity contribution in [3.05, 3.63) is 37.8 Å². The summed E-state index contributed by atoms with van der Waals surface area (Å²) in [5.41, 5.74) is 0.211. The number of pyridine rings is 1. The summed E-state index contributed by atoms with van der Waals surface area (Å²) < 4.78 is 14.2. The standard InChI is InChI=1S/C9H3Cl2FIN/c10-5-2-1-4-7(11)6(13)3-14-9(4)8(5)12/h1-3H. The third-order valence-electron chi connectivity index (χ3n) is 1.82. The highest BCUT2D eigenvalue weighted by atomic mass is 127. The largest absolute Gasteiger partial charge is 0.252 e. The summed E-state index contributed by atoms with van der Waals surface area (Å²) in [6.07, 6.45) is 1.52. The van der Waals surface area contributed by atoms with E-state index in [0.29, 0.717) is 10.4 Å². The first-order chi connectivity index (χ1) is 6.61. The molecule has 1 aromatic carbocycles. The van der Waals surface area contributed by atoms with Crippen LogP contribution >= 0.6 is 45.8 Å². The number of hydrogen-bond acceptors (Lipinski definition) is 1. The molecule has 0 aliphatic carbocycles. The fourth-order valence-corrected chi connectivity index (χ4v) is 1.93. The molecule has 0 aliphatic rings. The zero-order valence-electron chi connectivity index (χ0n) is 6.69. The minimum Gasteiger partial charge on any atom is -0.252 e. The van der Waals surface area contributed by atoms with Gasteiger partial charge in [0.05, 0.1) is 13.6 Å². The van der Waals surface area contributed by atoms with E-state index in [9.17, 15) is 4.39 Å². The van der Waals surface area contributed by atoms with Crippen LogP contribution in [0.5, 0.6) is 0 Å². The van der Waals surface area contributed by atoms with Gasteiger partial charge in [0.15, 0.2) is 5.82 Å². The van der Waals surface area contributed by atoms with Crippen molar-refractivity contribution < 1.29 is 4.39 Å². The van der Waals surface area contributed by atoms with Gasteiger partial charge in [-0.1, -0.05) is 23.2 Å². The highest BCUT2D eigenvalue weighted by molar-refractivity contribution is 14.1. The molecule has 1 nitrogen and oxygen atoms in total. The summed E-state index contributed by atoms with van der Waals surface area (Å²) >= 11 is 13.7. The van der Waals surface area contributed by atoms with Gasteiger partial charge in [-0.05, 0) is 34.7 Å². The van der Waals surface area contributed by atoms with E-state index in [1.165, 1.54) is 12.3 Å². The molecule has 1 aromatic heterocycles. The van der Waals surface area contributed by atoms with Crippen molar-refractivity contribution in [2.24, 2.45) is 0 Å². The van der Waals surface area contributed by atoms with Crippen LogP contribution in [0.4, 0.5) is 4.39 Å². The lowest BCUT2D eigenvalue weighted by Crippen LogP contribution is -1.88. The van der Waals surface area contributed by atoms with Gasteiger partial charge in [0, 0.05) is 11.6 Å². The van der Waals surface area contributed by atoms with E-state index in [1.807, 2.05) is 22.6 Å². The Bertz CT molecular complexity index is 468. The number of benzene rings is 1. The van der Waals surface area contributed by atoms with Crippen molar-refractivity contribution in [3.8, 4) is 0 Å². The van der Waals surface area contributed by atoms with Gasteiger partial charge in [0.2, 0.25) is 0 Å². The molecule has 2 rings (SSSR count). The fourth-order valence-electron chi connectivity index (χ4n) is 1.15. The minimum absolute atomic E-state index is 0.0577. The summed E-state index contributed by atoms with van der Waals surface area (Å²) in [5, 5.41) is 1.15. The Kier molecular flexibility index (Phi) is 2.81. The lowest BCUT2D eigenvalue weighted by molar-refractivity contribution is 0.637. The van der Waals surface area contributed by atoms with Crippen molar-refractivity contribution >= 4 is 56.7 Å². The van der Waals surface area contributed by atoms with Crippen LogP contribution in [-0.4, -0.2) is 4.98 Å². The number of halogens is 4. The summed E-state index contributed by atoms with van der Waals surface area (Å²) in [6, 6.07) is 3.14. The zero-order valence-corrected chi connectivity index (χ0v) is 10.4. The van der Waals surface area contributed by atoms with Crippen LogP contribution in [0.3, 0.4) is 0 Å². The van der Waals surface area contributed by atoms with E-state index < -0.39 is 5.82 Å². The van der Waals surface area contributed by atoms with Gasteiger partial charge in [0.25, 0.3) is 0 Å². The predicted octanol–water partition coefficient (Wildman–Crippen LogP) is 4.29. The Labute approximate surface area is 103 Å². The van der Waals surface area contributed by atoms with Gasteiger partial charge < -0.3 is 0 Å². The SMILES string of the molecule is Fc1c(Cl)ccc2c(Cl)c(I)cnc12. The third-order valence-corrected chi connectivity index (χ3v) is 3.66. The van der Waals surface area contributed by atoms with E-state index in [1.54, 1.807) is 6.07 Å². The molecule has 0 bridgehead atoms. The first-order valence-corrected chi connectivity index (χ1v) is 5.52. The van der Waals surface area contributed by atoms with Crippen molar-refractivity contribution in [2.75, 3.05) is 0 Å². The molecule has 14 heavy (non-hydrogen) atoms. The second-order valence-electron chi connectivity index (χ2n) is 2.68. The summed E-state index contributed by atoms with van der Waals surface area (Å²) in [7, 11) is 0. The molecule has 1 heterocycles. The molecule has 0 fully saturated rings. The van der Waals surface area contributed by atoms with Crippen LogP contribution in [0, 0.1) is 9.39 Å². The van der Waals surface area contributed by atoms with Gasteiger partial charge in [-0.25, -0.2) is 4.39 Å². The highest BCUT2D eigenvalue weighted by Gasteiger charge is 2.10. The molecule has 0 unspecified atom stereocenters. The lowest BCUT2D eigenvalue weighted by atomic mass is 10.2. The van der Waals surface area contributed by atoms with Gasteiger partial charge in [-0.2, -0.15) is 0 Å². The Hall–Kier alpha value is -0.130. The second kappa shape index (κ2) is 3.79. The van der Waals surface area contributed by atoms with Crippen LogP contribution in [-0.2, 0) is 0 Å². The van der Waals surface area contributed by atoms with E-state index in [4.69, 9.17) is 23.2 Å². The Morgan fingerprint density at radius 2 is 2.00 bits per heavy atom. The van der Waals surface area contributed by atoms with Crippen LogP contribution in [0.15, 0.2) is 18.3 Å². The summed E-state index contributed by atoms with van der Waals surface area (Å²) in [4.78, 5) is 3.95. The molecule has 0 spiro atoms. The third kappa shape index (κ3) is 1.57. The number of aromatic nitrogens is 1. The molecular weight excluding hydrogens is 339 g/mol. The molecular formula is C9H3Cl2FIN. The maximum atomic E-state index is 13.5. The highest BCUT2D eigenvalue weighted by Crippen LogP contribution is 2.30. The monoisotopic (exact) mass is 341 g/mol. The van der Waals surface area contributed by atoms with Gasteiger partial charge in [-0.15, -0.1) is 0 Å². The van der Waals surface area contributed by atoms with E-state index >= 15 is 0 Å². The smallest absolute Gasteiger partial charge is 0.168 e. The summed E-state index contributed by atoms with van der Waals surface area (Å²) in [6.45, 7) is 0. The van der Waals surface area contributed by atoms with Crippen LogP contribution in [0.25, 0.3) is 10.9 Å². The van der Waals surface area contributed by atoms with E-state index in [0.717, 1.165) is 3.57 Å². The molecule has 0 N–H and O–H groups in total. The molecule has 0 saturated carbocycles. The Balaban J connectivity index is 2.94. The number of fused-ring (bicyclic) bond motifs is 1. The van der Waals surface area contributed by atoms with Crippen LogP contribution in [0.1, 0.15) is 0 Å². The molecule has 0 aliphatic heterocycles. The fraction of sp³-hybridized carbons (Fsp3) is 0. The topological polar surface area (TPSA) is 12.9 Å². The number of nitrogens with zero attached hydrogens (tertiary/aromatic N) is 1. The van der Waals surface area contributed by atoms with Gasteiger partial charge >= 0.3 is 0 Å². The minimum atomic E-state index is -0.525. The number of rotatable bonds is 0. The van der Waals surface area contributed by atoms with E-state index in [-0.39, 0.29) is 10.5 Å². The molecule has 0 amide bonds. The van der Waals surface area contributed by atoms with Crippen molar-refractivity contribution in [2.45, 2.75) is 0 Å². The average molecular weight is 342 g/mol.